The molecule has 6 heteroatoms. The molecule has 0 atom stereocenters. The highest BCUT2D eigenvalue weighted by Gasteiger charge is 2.17. The zero-order chi connectivity index (χ0) is 12.6. The second kappa shape index (κ2) is 4.35. The van der Waals surface area contributed by atoms with Crippen molar-refractivity contribution in [2.24, 2.45) is 0 Å². The molecule has 0 amide bonds. The highest BCUT2D eigenvalue weighted by atomic mass is 35.5. The van der Waals surface area contributed by atoms with Crippen LogP contribution in [0.3, 0.4) is 0 Å². The normalized spacial score (nSPS) is 10.5. The van der Waals surface area contributed by atoms with Gasteiger partial charge in [-0.1, -0.05) is 11.6 Å². The largest absolute Gasteiger partial charge is 0.506 e. The third kappa shape index (κ3) is 2.25. The predicted octanol–water partition coefficient (Wildman–Crippen LogP) is 3.18. The van der Waals surface area contributed by atoms with Crippen molar-refractivity contribution in [2.75, 3.05) is 0 Å². The minimum absolute atomic E-state index is 0.0771. The lowest BCUT2D eigenvalue weighted by atomic mass is 10.2. The average Bonchev–Trinajstić information content (AvgIpc) is 2.64. The quantitative estimate of drug-likeness (QED) is 0.878. The van der Waals surface area contributed by atoms with E-state index in [0.717, 1.165) is 11.3 Å². The molecule has 2 N–H and O–H groups in total. The lowest BCUT2D eigenvalue weighted by Gasteiger charge is -2.02. The van der Waals surface area contributed by atoms with Gasteiger partial charge in [0, 0.05) is 0 Å². The number of hydrogen-bond donors (Lipinski definition) is 2. The van der Waals surface area contributed by atoms with Crippen LogP contribution in [-0.2, 0) is 0 Å². The third-order valence-corrected chi connectivity index (χ3v) is 3.51. The number of aryl methyl sites for hydroxylation is 1. The van der Waals surface area contributed by atoms with Crippen LogP contribution in [0.15, 0.2) is 18.2 Å². The summed E-state index contributed by atoms with van der Waals surface area (Å²) in [6, 6.07) is 4.45. The fourth-order valence-corrected chi connectivity index (χ4v) is 2.58. The monoisotopic (exact) mass is 269 g/mol. The highest BCUT2D eigenvalue weighted by molar-refractivity contribution is 7.19. The molecule has 88 valence electrons. The van der Waals surface area contributed by atoms with Gasteiger partial charge in [-0.15, -0.1) is 11.3 Å². The number of aromatic hydroxyl groups is 1. The second-order valence-electron chi connectivity index (χ2n) is 3.40. The highest BCUT2D eigenvalue weighted by Crippen LogP contribution is 2.35. The van der Waals surface area contributed by atoms with Crippen LogP contribution >= 0.6 is 22.9 Å². The van der Waals surface area contributed by atoms with E-state index in [1.54, 1.807) is 13.0 Å². The summed E-state index contributed by atoms with van der Waals surface area (Å²) in [5.41, 5.74) is 1.07. The molecule has 4 nitrogen and oxygen atoms in total. The Morgan fingerprint density at radius 3 is 2.76 bits per heavy atom. The topological polar surface area (TPSA) is 70.4 Å². The number of carboxylic acids is 1. The Kier molecular flexibility index (Phi) is 3.04. The number of carboxylic acid groups (broad SMARTS) is 1. The summed E-state index contributed by atoms with van der Waals surface area (Å²) < 4.78 is 0.393. The van der Waals surface area contributed by atoms with Crippen LogP contribution in [0.4, 0.5) is 0 Å². The molecule has 0 aliphatic carbocycles. The van der Waals surface area contributed by atoms with Gasteiger partial charge in [0.25, 0.3) is 0 Å². The van der Waals surface area contributed by atoms with Crippen molar-refractivity contribution < 1.29 is 15.0 Å². The van der Waals surface area contributed by atoms with Crippen molar-refractivity contribution in [3.05, 3.63) is 33.8 Å². The summed E-state index contributed by atoms with van der Waals surface area (Å²) in [6.07, 6.45) is 0. The van der Waals surface area contributed by atoms with Gasteiger partial charge in [0.05, 0.1) is 26.2 Å². The van der Waals surface area contributed by atoms with E-state index in [-0.39, 0.29) is 11.3 Å². The van der Waals surface area contributed by atoms with Gasteiger partial charge in [0.1, 0.15) is 5.75 Å². The number of thiophene rings is 1. The van der Waals surface area contributed by atoms with Crippen LogP contribution in [0.2, 0.25) is 4.34 Å². The Morgan fingerprint density at radius 1 is 1.47 bits per heavy atom. The Labute approximate surface area is 106 Å². The van der Waals surface area contributed by atoms with Crippen LogP contribution in [-0.4, -0.2) is 21.2 Å². The molecule has 0 saturated carbocycles. The van der Waals surface area contributed by atoms with Crippen molar-refractivity contribution in [2.45, 2.75) is 6.92 Å². The predicted molar refractivity (Wildman–Crippen MR) is 65.9 cm³/mol. The molecular formula is C11H8ClNO3S. The molecule has 2 heterocycles. The molecule has 0 aromatic carbocycles. The molecule has 0 bridgehead atoms. The second-order valence-corrected chi connectivity index (χ2v) is 5.08. The lowest BCUT2D eigenvalue weighted by molar-refractivity contribution is 0.0698. The van der Waals surface area contributed by atoms with Crippen LogP contribution < -0.4 is 0 Å². The molecule has 2 aromatic rings. The van der Waals surface area contributed by atoms with Gasteiger partial charge in [-0.05, 0) is 25.1 Å². The Bertz CT molecular complexity index is 594. The van der Waals surface area contributed by atoms with Gasteiger partial charge in [-0.25, -0.2) is 9.78 Å². The molecule has 2 rings (SSSR count). The van der Waals surface area contributed by atoms with Gasteiger partial charge in [-0.2, -0.15) is 0 Å². The summed E-state index contributed by atoms with van der Waals surface area (Å²) in [5, 5.41) is 18.4. The van der Waals surface area contributed by atoms with Crippen LogP contribution in [0, 0.1) is 6.92 Å². The Hall–Kier alpha value is -1.59. The van der Waals surface area contributed by atoms with E-state index in [4.69, 9.17) is 16.7 Å². The minimum atomic E-state index is -1.05. The van der Waals surface area contributed by atoms with E-state index in [2.05, 4.69) is 4.98 Å². The number of nitrogens with zero attached hydrogens (tertiary/aromatic N) is 1. The van der Waals surface area contributed by atoms with Gasteiger partial charge < -0.3 is 10.2 Å². The molecule has 0 radical (unpaired) electrons. The number of aromatic carboxylic acids is 1. The van der Waals surface area contributed by atoms with E-state index in [0.29, 0.717) is 20.6 Å². The number of rotatable bonds is 2. The molecule has 0 spiro atoms. The Balaban J connectivity index is 2.59. The fourth-order valence-electron chi connectivity index (χ4n) is 1.39. The van der Waals surface area contributed by atoms with Crippen molar-refractivity contribution >= 4 is 28.9 Å². The third-order valence-electron chi connectivity index (χ3n) is 2.22. The molecule has 0 aliphatic rings. The first-order chi connectivity index (χ1) is 7.99. The van der Waals surface area contributed by atoms with Crippen molar-refractivity contribution in [3.63, 3.8) is 0 Å². The number of carbonyl (C=O) groups is 1. The molecular weight excluding hydrogens is 262 g/mol. The Morgan fingerprint density at radius 2 is 2.18 bits per heavy atom. The van der Waals surface area contributed by atoms with Gasteiger partial charge in [-0.3, -0.25) is 0 Å². The van der Waals surface area contributed by atoms with Crippen molar-refractivity contribution in [1.82, 2.24) is 4.98 Å². The average molecular weight is 270 g/mol. The smallest absolute Gasteiger partial charge is 0.337 e. The summed E-state index contributed by atoms with van der Waals surface area (Å²) >= 11 is 6.96. The number of aromatic nitrogens is 1. The molecule has 0 aliphatic heterocycles. The van der Waals surface area contributed by atoms with Gasteiger partial charge in [0.2, 0.25) is 0 Å². The maximum absolute atomic E-state index is 11.0. The zero-order valence-electron chi connectivity index (χ0n) is 8.77. The number of hydrogen-bond acceptors (Lipinski definition) is 4. The van der Waals surface area contributed by atoms with E-state index < -0.39 is 5.97 Å². The van der Waals surface area contributed by atoms with E-state index in [9.17, 15) is 9.90 Å². The van der Waals surface area contributed by atoms with E-state index >= 15 is 0 Å². The number of halogens is 1. The van der Waals surface area contributed by atoms with Crippen molar-refractivity contribution in [1.29, 1.82) is 0 Å². The standard InChI is InChI=1S/C11H8ClNO3S/c1-5-8(14)3-2-7(13-5)10-6(11(15)16)4-9(12)17-10/h2-4,14H,1H3,(H,15,16). The molecule has 17 heavy (non-hydrogen) atoms. The van der Waals surface area contributed by atoms with Crippen molar-refractivity contribution in [3.8, 4) is 16.3 Å². The summed E-state index contributed by atoms with van der Waals surface area (Å²) in [5.74, 6) is -0.969. The molecule has 0 fully saturated rings. The van der Waals surface area contributed by atoms with E-state index in [1.165, 1.54) is 12.1 Å². The first-order valence-corrected chi connectivity index (χ1v) is 5.88. The fraction of sp³-hybridized carbons (Fsp3) is 0.0909. The van der Waals surface area contributed by atoms with Gasteiger partial charge >= 0.3 is 5.97 Å². The van der Waals surface area contributed by atoms with E-state index in [1.807, 2.05) is 0 Å². The summed E-state index contributed by atoms with van der Waals surface area (Å²) in [7, 11) is 0. The van der Waals surface area contributed by atoms with Crippen LogP contribution in [0.1, 0.15) is 16.1 Å². The van der Waals surface area contributed by atoms with Gasteiger partial charge in [0.15, 0.2) is 0 Å². The first-order valence-electron chi connectivity index (χ1n) is 4.68. The maximum Gasteiger partial charge on any atom is 0.337 e. The first kappa shape index (κ1) is 11.9. The lowest BCUT2D eigenvalue weighted by Crippen LogP contribution is -1.96. The zero-order valence-corrected chi connectivity index (χ0v) is 10.3. The van der Waals surface area contributed by atoms with Crippen LogP contribution in [0.25, 0.3) is 10.6 Å². The maximum atomic E-state index is 11.0. The molecule has 0 saturated heterocycles. The summed E-state index contributed by atoms with van der Waals surface area (Å²) in [6.45, 7) is 1.65. The SMILES string of the molecule is Cc1nc(-c2sc(Cl)cc2C(=O)O)ccc1O. The number of pyridine rings is 1. The molecule has 2 aromatic heterocycles. The van der Waals surface area contributed by atoms with Crippen LogP contribution in [0.5, 0.6) is 5.75 Å². The molecule has 0 unspecified atom stereocenters. The minimum Gasteiger partial charge on any atom is -0.506 e. The summed E-state index contributed by atoms with van der Waals surface area (Å²) in [4.78, 5) is 15.7.